The molecule has 0 aliphatic heterocycles. The molecule has 3 aromatic rings. The third-order valence-electron chi connectivity index (χ3n) is 4.20. The number of carbonyl (C=O) groups is 1. The smallest absolute Gasteiger partial charge is 0.321 e. The van der Waals surface area contributed by atoms with E-state index in [1.165, 1.54) is 29.0 Å². The summed E-state index contributed by atoms with van der Waals surface area (Å²) in [6, 6.07) is 16.2. The van der Waals surface area contributed by atoms with Gasteiger partial charge in [-0.15, -0.1) is 11.3 Å². The number of urea groups is 1. The lowest BCUT2D eigenvalue weighted by atomic mass is 10.1. The maximum atomic E-state index is 13.0. The molecule has 4 rings (SSSR count). The Morgan fingerprint density at radius 1 is 1.12 bits per heavy atom. The van der Waals surface area contributed by atoms with Gasteiger partial charge in [0.05, 0.1) is 5.69 Å². The number of hydrogen-bond acceptors (Lipinski definition) is 3. The van der Waals surface area contributed by atoms with Crippen LogP contribution >= 0.6 is 11.3 Å². The molecular weight excluding hydrogens is 337 g/mol. The number of hydrogen-bond donors (Lipinski definition) is 2. The average Bonchev–Trinajstić information content (AvgIpc) is 3.23. The third kappa shape index (κ3) is 3.69. The van der Waals surface area contributed by atoms with E-state index in [2.05, 4.69) is 27.8 Å². The number of halogens is 1. The number of nitrogens with one attached hydrogen (secondary N) is 2. The van der Waals surface area contributed by atoms with E-state index in [9.17, 15) is 9.18 Å². The van der Waals surface area contributed by atoms with Gasteiger partial charge in [-0.1, -0.05) is 30.3 Å². The molecule has 1 aliphatic rings. The van der Waals surface area contributed by atoms with E-state index in [1.54, 1.807) is 12.1 Å². The lowest BCUT2D eigenvalue weighted by Gasteiger charge is -2.05. The van der Waals surface area contributed by atoms with Crippen LogP contribution in [0.15, 0.2) is 60.0 Å². The first-order chi connectivity index (χ1) is 12.2. The molecule has 2 N–H and O–H groups in total. The van der Waals surface area contributed by atoms with Crippen molar-refractivity contribution >= 4 is 22.5 Å². The number of thiazole rings is 1. The summed E-state index contributed by atoms with van der Waals surface area (Å²) in [5.41, 5.74) is 2.78. The summed E-state index contributed by atoms with van der Waals surface area (Å²) < 4.78 is 13.0. The number of rotatable bonds is 4. The summed E-state index contributed by atoms with van der Waals surface area (Å²) in [6.45, 7) is 0. The Morgan fingerprint density at radius 2 is 1.88 bits per heavy atom. The maximum Gasteiger partial charge on any atom is 0.321 e. The van der Waals surface area contributed by atoms with Crippen LogP contribution in [0.1, 0.15) is 17.9 Å². The highest BCUT2D eigenvalue weighted by Gasteiger charge is 2.39. The molecule has 0 saturated heterocycles. The fourth-order valence-electron chi connectivity index (χ4n) is 2.81. The largest absolute Gasteiger partial charge is 0.334 e. The van der Waals surface area contributed by atoms with Gasteiger partial charge in [0, 0.05) is 22.9 Å². The molecule has 2 atom stereocenters. The minimum atomic E-state index is -0.283. The molecule has 1 aromatic heterocycles. The van der Waals surface area contributed by atoms with Crippen molar-refractivity contribution < 1.29 is 9.18 Å². The van der Waals surface area contributed by atoms with Gasteiger partial charge in [-0.2, -0.15) is 0 Å². The molecule has 0 radical (unpaired) electrons. The Bertz CT molecular complexity index is 879. The summed E-state index contributed by atoms with van der Waals surface area (Å²) in [7, 11) is 0. The molecule has 1 saturated carbocycles. The van der Waals surface area contributed by atoms with E-state index in [1.807, 2.05) is 23.6 Å². The minimum absolute atomic E-state index is 0.166. The highest BCUT2D eigenvalue weighted by atomic mass is 32.1. The van der Waals surface area contributed by atoms with E-state index in [-0.39, 0.29) is 17.9 Å². The molecule has 1 aliphatic carbocycles. The molecule has 2 amide bonds. The maximum absolute atomic E-state index is 13.0. The fourth-order valence-corrected chi connectivity index (χ4v) is 3.52. The lowest BCUT2D eigenvalue weighted by Crippen LogP contribution is -2.31. The molecular formula is C19H16FN3OS. The molecule has 6 heteroatoms. The van der Waals surface area contributed by atoms with Crippen molar-refractivity contribution in [2.75, 3.05) is 5.32 Å². The highest BCUT2D eigenvalue weighted by Crippen LogP contribution is 2.40. The number of carbonyl (C=O) groups excluding carboxylic acids is 1. The first-order valence-corrected chi connectivity index (χ1v) is 8.91. The topological polar surface area (TPSA) is 54.0 Å². The van der Waals surface area contributed by atoms with Gasteiger partial charge in [0.25, 0.3) is 0 Å². The first kappa shape index (κ1) is 15.8. The minimum Gasteiger partial charge on any atom is -0.334 e. The van der Waals surface area contributed by atoms with Crippen molar-refractivity contribution in [3.8, 4) is 11.3 Å². The SMILES string of the molecule is O=C(Nc1nc(-c2ccc(F)cc2)cs1)NC1CC1c1ccccc1. The quantitative estimate of drug-likeness (QED) is 0.719. The van der Waals surface area contributed by atoms with Crippen molar-refractivity contribution in [1.82, 2.24) is 10.3 Å². The van der Waals surface area contributed by atoms with Gasteiger partial charge in [-0.05, 0) is 36.2 Å². The van der Waals surface area contributed by atoms with Crippen LogP contribution in [0, 0.1) is 5.82 Å². The predicted molar refractivity (Wildman–Crippen MR) is 97.3 cm³/mol. The summed E-state index contributed by atoms with van der Waals surface area (Å²) in [5.74, 6) is 0.104. The second-order valence-electron chi connectivity index (χ2n) is 6.00. The van der Waals surface area contributed by atoms with Gasteiger partial charge in [0.2, 0.25) is 0 Å². The van der Waals surface area contributed by atoms with E-state index >= 15 is 0 Å². The van der Waals surface area contributed by atoms with Crippen molar-refractivity contribution in [2.45, 2.75) is 18.4 Å². The van der Waals surface area contributed by atoms with Gasteiger partial charge < -0.3 is 5.32 Å². The van der Waals surface area contributed by atoms with Crippen molar-refractivity contribution in [1.29, 1.82) is 0 Å². The van der Waals surface area contributed by atoms with Gasteiger partial charge >= 0.3 is 6.03 Å². The predicted octanol–water partition coefficient (Wildman–Crippen LogP) is 4.63. The highest BCUT2D eigenvalue weighted by molar-refractivity contribution is 7.14. The first-order valence-electron chi connectivity index (χ1n) is 8.03. The summed E-state index contributed by atoms with van der Waals surface area (Å²) in [5, 5.41) is 8.11. The van der Waals surface area contributed by atoms with Crippen molar-refractivity contribution in [3.63, 3.8) is 0 Å². The van der Waals surface area contributed by atoms with Crippen LogP contribution in [-0.2, 0) is 0 Å². The Labute approximate surface area is 148 Å². The van der Waals surface area contributed by atoms with Crippen LogP contribution in [0.25, 0.3) is 11.3 Å². The van der Waals surface area contributed by atoms with E-state index in [0.29, 0.717) is 16.7 Å². The van der Waals surface area contributed by atoms with Crippen molar-refractivity contribution in [2.24, 2.45) is 0 Å². The number of benzene rings is 2. The average molecular weight is 353 g/mol. The number of amides is 2. The van der Waals surface area contributed by atoms with Crippen LogP contribution in [0.4, 0.5) is 14.3 Å². The normalized spacial score (nSPS) is 18.6. The molecule has 2 unspecified atom stereocenters. The Morgan fingerprint density at radius 3 is 2.64 bits per heavy atom. The van der Waals surface area contributed by atoms with Crippen molar-refractivity contribution in [3.05, 3.63) is 71.4 Å². The summed E-state index contributed by atoms with van der Waals surface area (Å²) in [4.78, 5) is 16.5. The Balaban J connectivity index is 1.34. The molecule has 0 spiro atoms. The zero-order valence-electron chi connectivity index (χ0n) is 13.3. The second kappa shape index (κ2) is 6.64. The Hall–Kier alpha value is -2.73. The molecule has 0 bridgehead atoms. The molecule has 1 heterocycles. The van der Waals surface area contributed by atoms with E-state index in [0.717, 1.165) is 12.0 Å². The van der Waals surface area contributed by atoms with Crippen LogP contribution in [0.3, 0.4) is 0 Å². The second-order valence-corrected chi connectivity index (χ2v) is 6.86. The van der Waals surface area contributed by atoms with Crippen LogP contribution in [-0.4, -0.2) is 17.1 Å². The number of nitrogens with zero attached hydrogens (tertiary/aromatic N) is 1. The Kier molecular flexibility index (Phi) is 4.19. The monoisotopic (exact) mass is 353 g/mol. The van der Waals surface area contributed by atoms with Gasteiger partial charge in [-0.25, -0.2) is 14.2 Å². The number of anilines is 1. The van der Waals surface area contributed by atoms with E-state index < -0.39 is 0 Å². The summed E-state index contributed by atoms with van der Waals surface area (Å²) in [6.07, 6.45) is 0.954. The zero-order chi connectivity index (χ0) is 17.2. The molecule has 126 valence electrons. The third-order valence-corrected chi connectivity index (χ3v) is 4.96. The van der Waals surface area contributed by atoms with Gasteiger partial charge in [0.1, 0.15) is 5.82 Å². The molecule has 4 nitrogen and oxygen atoms in total. The van der Waals surface area contributed by atoms with E-state index in [4.69, 9.17) is 0 Å². The summed E-state index contributed by atoms with van der Waals surface area (Å²) >= 11 is 1.34. The number of aromatic nitrogens is 1. The standard InChI is InChI=1S/C19H16FN3OS/c20-14-8-6-13(7-9-14)17-11-25-19(22-17)23-18(24)21-16-10-15(16)12-4-2-1-3-5-12/h1-9,11,15-16H,10H2,(H2,21,22,23,24). The molecule has 1 fully saturated rings. The van der Waals surface area contributed by atoms with Crippen LogP contribution in [0.2, 0.25) is 0 Å². The van der Waals surface area contributed by atoms with Crippen LogP contribution in [0.5, 0.6) is 0 Å². The lowest BCUT2D eigenvalue weighted by molar-refractivity contribution is 0.251. The zero-order valence-corrected chi connectivity index (χ0v) is 14.1. The van der Waals surface area contributed by atoms with Gasteiger partial charge in [0.15, 0.2) is 5.13 Å². The van der Waals surface area contributed by atoms with Crippen LogP contribution < -0.4 is 10.6 Å². The molecule has 25 heavy (non-hydrogen) atoms. The molecule has 2 aromatic carbocycles. The fraction of sp³-hybridized carbons (Fsp3) is 0.158. The van der Waals surface area contributed by atoms with Gasteiger partial charge in [-0.3, -0.25) is 5.32 Å².